The van der Waals surface area contributed by atoms with Gasteiger partial charge >= 0.3 is 0 Å². The molecule has 0 spiro atoms. The van der Waals surface area contributed by atoms with Gasteiger partial charge in [-0.1, -0.05) is 0 Å². The molecular weight excluding hydrogens is 258 g/mol. The summed E-state index contributed by atoms with van der Waals surface area (Å²) in [5.74, 6) is -0.948. The lowest BCUT2D eigenvalue weighted by molar-refractivity contribution is -0.773. The van der Waals surface area contributed by atoms with Crippen LogP contribution in [0, 0.1) is 10.1 Å². The van der Waals surface area contributed by atoms with Gasteiger partial charge in [0.25, 0.3) is 5.09 Å². The van der Waals surface area contributed by atoms with Crippen LogP contribution in [0.4, 0.5) is 0 Å². The van der Waals surface area contributed by atoms with E-state index in [4.69, 9.17) is 24.2 Å². The summed E-state index contributed by atoms with van der Waals surface area (Å²) >= 11 is 0. The van der Waals surface area contributed by atoms with Crippen molar-refractivity contribution in [3.8, 4) is 0 Å². The van der Waals surface area contributed by atoms with Gasteiger partial charge in [0.2, 0.25) is 0 Å². The number of nitrogens with zero attached hydrogens (tertiary/aromatic N) is 1. The van der Waals surface area contributed by atoms with Crippen LogP contribution in [0.3, 0.4) is 0 Å². The maximum Gasteiger partial charge on any atom is 0.294 e. The summed E-state index contributed by atoms with van der Waals surface area (Å²) in [4.78, 5) is 15.3. The lowest BCUT2D eigenvalue weighted by atomic mass is 9.92. The van der Waals surface area contributed by atoms with E-state index in [1.54, 1.807) is 0 Å². The first-order valence-electron chi connectivity index (χ1n) is 6.38. The van der Waals surface area contributed by atoms with E-state index < -0.39 is 23.1 Å². The molecule has 2 aliphatic heterocycles. The van der Waals surface area contributed by atoms with Crippen LogP contribution in [0.1, 0.15) is 25.7 Å². The molecule has 0 aliphatic carbocycles. The summed E-state index contributed by atoms with van der Waals surface area (Å²) < 4.78 is 16.8. The third-order valence-corrected chi connectivity index (χ3v) is 3.67. The Morgan fingerprint density at radius 1 is 1.58 bits per heavy atom. The smallest absolute Gasteiger partial charge is 0.294 e. The SMILES string of the molecule is CO[C@@]12C[C@H](O[N+](=O)[O-])[C@@H](CCCO)O[C@@H]1CCO2. The average molecular weight is 277 g/mol. The van der Waals surface area contributed by atoms with Gasteiger partial charge in [-0.05, 0) is 12.8 Å². The molecule has 0 radical (unpaired) electrons. The number of aliphatic hydroxyl groups excluding tert-OH is 1. The normalized spacial score (nSPS) is 37.9. The van der Waals surface area contributed by atoms with Crippen molar-refractivity contribution < 1.29 is 29.2 Å². The van der Waals surface area contributed by atoms with Crippen LogP contribution in [0.15, 0.2) is 0 Å². The van der Waals surface area contributed by atoms with Crippen molar-refractivity contribution in [3.05, 3.63) is 10.1 Å². The Hall–Kier alpha value is -0.960. The van der Waals surface area contributed by atoms with Crippen LogP contribution in [-0.2, 0) is 19.0 Å². The quantitative estimate of drug-likeness (QED) is 0.549. The molecule has 0 saturated carbocycles. The summed E-state index contributed by atoms with van der Waals surface area (Å²) in [5.41, 5.74) is 0. The predicted octanol–water partition coefficient (Wildman–Crippen LogP) is 0.256. The van der Waals surface area contributed by atoms with Gasteiger partial charge in [-0.25, -0.2) is 0 Å². The molecule has 4 atom stereocenters. The molecule has 0 aromatic rings. The lowest BCUT2D eigenvalue weighted by Gasteiger charge is -2.43. The zero-order valence-electron chi connectivity index (χ0n) is 10.8. The Morgan fingerprint density at radius 3 is 3.00 bits per heavy atom. The minimum Gasteiger partial charge on any atom is -0.396 e. The number of hydrogen-bond donors (Lipinski definition) is 1. The van der Waals surface area contributed by atoms with Crippen LogP contribution in [0.5, 0.6) is 0 Å². The molecule has 110 valence electrons. The van der Waals surface area contributed by atoms with Gasteiger partial charge in [0.15, 0.2) is 5.79 Å². The van der Waals surface area contributed by atoms with Crippen molar-refractivity contribution in [3.63, 3.8) is 0 Å². The third-order valence-electron chi connectivity index (χ3n) is 3.67. The van der Waals surface area contributed by atoms with Crippen LogP contribution in [-0.4, -0.2) is 54.6 Å². The minimum absolute atomic E-state index is 0.0155. The van der Waals surface area contributed by atoms with Gasteiger partial charge in [-0.2, -0.15) is 0 Å². The number of aliphatic hydroxyl groups is 1. The molecule has 0 bridgehead atoms. The second-order valence-electron chi connectivity index (χ2n) is 4.75. The highest BCUT2D eigenvalue weighted by molar-refractivity contribution is 4.95. The zero-order valence-corrected chi connectivity index (χ0v) is 10.8. The monoisotopic (exact) mass is 277 g/mol. The highest BCUT2D eigenvalue weighted by Crippen LogP contribution is 2.41. The fourth-order valence-electron chi connectivity index (χ4n) is 2.76. The van der Waals surface area contributed by atoms with Crippen molar-refractivity contribution >= 4 is 0 Å². The second-order valence-corrected chi connectivity index (χ2v) is 4.75. The topological polar surface area (TPSA) is 100 Å². The van der Waals surface area contributed by atoms with Crippen LogP contribution in [0.25, 0.3) is 0 Å². The summed E-state index contributed by atoms with van der Waals surface area (Å²) in [5, 5.41) is 18.6. The molecule has 2 saturated heterocycles. The number of methoxy groups -OCH3 is 1. The van der Waals surface area contributed by atoms with Gasteiger partial charge in [0, 0.05) is 26.6 Å². The van der Waals surface area contributed by atoms with E-state index >= 15 is 0 Å². The first kappa shape index (κ1) is 14.4. The standard InChI is InChI=1S/C11H19NO7/c1-16-11-7-9(19-12(14)15)8(3-2-5-13)18-10(11)4-6-17-11/h8-10,13H,2-7H2,1H3/t8-,9+,10-,11-/m1/s1. The number of ether oxygens (including phenoxy) is 3. The van der Waals surface area contributed by atoms with Crippen LogP contribution < -0.4 is 0 Å². The van der Waals surface area contributed by atoms with Crippen LogP contribution >= 0.6 is 0 Å². The summed E-state index contributed by atoms with van der Waals surface area (Å²) in [6.45, 7) is 0.512. The first-order valence-corrected chi connectivity index (χ1v) is 6.38. The van der Waals surface area contributed by atoms with E-state index in [1.807, 2.05) is 0 Å². The molecule has 2 aliphatic rings. The Bertz CT molecular complexity index is 326. The Morgan fingerprint density at radius 2 is 2.37 bits per heavy atom. The van der Waals surface area contributed by atoms with E-state index in [0.717, 1.165) is 0 Å². The maximum absolute atomic E-state index is 10.6. The highest BCUT2D eigenvalue weighted by atomic mass is 17.0. The molecule has 0 unspecified atom stereocenters. The molecule has 8 heteroatoms. The van der Waals surface area contributed by atoms with Gasteiger partial charge in [0.1, 0.15) is 12.2 Å². The summed E-state index contributed by atoms with van der Waals surface area (Å²) in [6.07, 6.45) is 0.553. The average Bonchev–Trinajstić information content (AvgIpc) is 2.78. The fourth-order valence-corrected chi connectivity index (χ4v) is 2.76. The molecule has 2 rings (SSSR count). The maximum atomic E-state index is 10.6. The Balaban J connectivity index is 2.08. The van der Waals surface area contributed by atoms with Gasteiger partial charge < -0.3 is 24.2 Å². The summed E-state index contributed by atoms with van der Waals surface area (Å²) in [7, 11) is 1.50. The highest BCUT2D eigenvalue weighted by Gasteiger charge is 2.54. The number of hydrogen-bond acceptors (Lipinski definition) is 7. The van der Waals surface area contributed by atoms with Crippen molar-refractivity contribution in [1.82, 2.24) is 0 Å². The molecule has 1 N–H and O–H groups in total. The van der Waals surface area contributed by atoms with E-state index in [9.17, 15) is 10.1 Å². The molecule has 2 heterocycles. The van der Waals surface area contributed by atoms with Crippen molar-refractivity contribution in [2.24, 2.45) is 0 Å². The predicted molar refractivity (Wildman–Crippen MR) is 61.8 cm³/mol. The second kappa shape index (κ2) is 6.00. The largest absolute Gasteiger partial charge is 0.396 e. The number of rotatable bonds is 6. The molecule has 0 aromatic carbocycles. The van der Waals surface area contributed by atoms with Gasteiger partial charge in [-0.15, -0.1) is 10.1 Å². The van der Waals surface area contributed by atoms with Crippen molar-refractivity contribution in [1.29, 1.82) is 0 Å². The van der Waals surface area contributed by atoms with Crippen molar-refractivity contribution in [2.45, 2.75) is 49.8 Å². The lowest BCUT2D eigenvalue weighted by Crippen LogP contribution is -2.56. The molecule has 19 heavy (non-hydrogen) atoms. The van der Waals surface area contributed by atoms with E-state index in [-0.39, 0.29) is 19.1 Å². The number of fused-ring (bicyclic) bond motifs is 1. The first-order chi connectivity index (χ1) is 9.11. The molecule has 8 nitrogen and oxygen atoms in total. The van der Waals surface area contributed by atoms with E-state index in [0.29, 0.717) is 25.9 Å². The molecule has 0 amide bonds. The Labute approximate surface area is 110 Å². The van der Waals surface area contributed by atoms with E-state index in [1.165, 1.54) is 7.11 Å². The summed E-state index contributed by atoms with van der Waals surface area (Å²) in [6, 6.07) is 0. The molecule has 2 fully saturated rings. The minimum atomic E-state index is -0.948. The zero-order chi connectivity index (χ0) is 13.9. The van der Waals surface area contributed by atoms with E-state index in [2.05, 4.69) is 0 Å². The fraction of sp³-hybridized carbons (Fsp3) is 1.00. The molecular formula is C11H19NO7. The third kappa shape index (κ3) is 2.97. The van der Waals surface area contributed by atoms with Gasteiger partial charge in [0.05, 0.1) is 12.7 Å². The van der Waals surface area contributed by atoms with Gasteiger partial charge in [-0.3, -0.25) is 0 Å². The molecule has 0 aromatic heterocycles. The Kier molecular flexibility index (Phi) is 4.56. The van der Waals surface area contributed by atoms with Crippen molar-refractivity contribution in [2.75, 3.05) is 20.3 Å². The van der Waals surface area contributed by atoms with Crippen LogP contribution in [0.2, 0.25) is 0 Å².